The fourth-order valence-corrected chi connectivity index (χ4v) is 3.22. The first-order valence-electron chi connectivity index (χ1n) is 9.37. The largest absolute Gasteiger partial charge is 0.484 e. The molecule has 0 spiro atoms. The highest BCUT2D eigenvalue weighted by atomic mass is 16.5. The Labute approximate surface area is 163 Å². The van der Waals surface area contributed by atoms with Crippen molar-refractivity contribution in [2.45, 2.75) is 19.3 Å². The molecule has 1 aromatic carbocycles. The summed E-state index contributed by atoms with van der Waals surface area (Å²) in [5, 5.41) is 7.15. The van der Waals surface area contributed by atoms with E-state index in [2.05, 4.69) is 25.3 Å². The summed E-state index contributed by atoms with van der Waals surface area (Å²) < 4.78 is 7.13. The summed E-state index contributed by atoms with van der Waals surface area (Å²) in [6.45, 7) is 1.91. The van der Waals surface area contributed by atoms with E-state index < -0.39 is 0 Å². The van der Waals surface area contributed by atoms with Crippen LogP contribution >= 0.6 is 0 Å². The van der Waals surface area contributed by atoms with Crippen LogP contribution < -0.4 is 15.0 Å². The Morgan fingerprint density at radius 1 is 1.11 bits per heavy atom. The zero-order valence-electron chi connectivity index (χ0n) is 15.5. The van der Waals surface area contributed by atoms with E-state index in [0.717, 1.165) is 31.6 Å². The molecule has 28 heavy (non-hydrogen) atoms. The number of carbonyl (C=O) groups excluding carboxylic acids is 1. The molecule has 0 unspecified atom stereocenters. The highest BCUT2D eigenvalue weighted by Crippen LogP contribution is 2.25. The highest BCUT2D eigenvalue weighted by molar-refractivity contribution is 5.91. The van der Waals surface area contributed by atoms with Crippen LogP contribution in [0.4, 0.5) is 11.4 Å². The molecule has 0 bridgehead atoms. The topological polar surface area (TPSA) is 85.2 Å². The monoisotopic (exact) mass is 378 g/mol. The van der Waals surface area contributed by atoms with Crippen LogP contribution in [0.25, 0.3) is 5.82 Å². The quantitative estimate of drug-likeness (QED) is 0.710. The van der Waals surface area contributed by atoms with Gasteiger partial charge in [0.15, 0.2) is 12.4 Å². The van der Waals surface area contributed by atoms with E-state index in [4.69, 9.17) is 4.74 Å². The van der Waals surface area contributed by atoms with Crippen LogP contribution in [0.5, 0.6) is 5.75 Å². The Morgan fingerprint density at radius 3 is 2.75 bits per heavy atom. The van der Waals surface area contributed by atoms with Gasteiger partial charge >= 0.3 is 0 Å². The second-order valence-corrected chi connectivity index (χ2v) is 6.60. The number of nitrogens with one attached hydrogen (secondary N) is 1. The maximum atomic E-state index is 12.1. The summed E-state index contributed by atoms with van der Waals surface area (Å²) in [7, 11) is 0. The summed E-state index contributed by atoms with van der Waals surface area (Å²) in [6, 6.07) is 9.23. The summed E-state index contributed by atoms with van der Waals surface area (Å²) in [5.74, 6) is 1.11. The molecule has 8 nitrogen and oxygen atoms in total. The van der Waals surface area contributed by atoms with Gasteiger partial charge in [0.05, 0.1) is 24.3 Å². The van der Waals surface area contributed by atoms with Crippen molar-refractivity contribution in [2.24, 2.45) is 0 Å². The number of nitrogens with zero attached hydrogens (tertiary/aromatic N) is 5. The number of benzene rings is 1. The van der Waals surface area contributed by atoms with Crippen molar-refractivity contribution in [1.82, 2.24) is 19.7 Å². The number of amides is 1. The van der Waals surface area contributed by atoms with Crippen molar-refractivity contribution in [3.05, 3.63) is 55.2 Å². The van der Waals surface area contributed by atoms with Crippen LogP contribution in [0.1, 0.15) is 19.3 Å². The van der Waals surface area contributed by atoms with Crippen molar-refractivity contribution in [2.75, 3.05) is 29.9 Å². The second kappa shape index (κ2) is 8.51. The molecule has 4 rings (SSSR count). The van der Waals surface area contributed by atoms with E-state index in [0.29, 0.717) is 17.3 Å². The molecule has 3 aromatic rings. The molecular formula is C20H22N6O2. The minimum atomic E-state index is -0.248. The van der Waals surface area contributed by atoms with Gasteiger partial charge in [-0.2, -0.15) is 5.10 Å². The molecule has 144 valence electrons. The molecule has 1 fully saturated rings. The summed E-state index contributed by atoms with van der Waals surface area (Å²) >= 11 is 0. The van der Waals surface area contributed by atoms with Gasteiger partial charge in [0, 0.05) is 13.1 Å². The highest BCUT2D eigenvalue weighted by Gasteiger charge is 2.17. The van der Waals surface area contributed by atoms with Gasteiger partial charge in [-0.25, -0.2) is 14.6 Å². The third-order valence-corrected chi connectivity index (χ3v) is 4.57. The van der Waals surface area contributed by atoms with E-state index in [1.165, 1.54) is 12.7 Å². The molecule has 0 atom stereocenters. The number of para-hydroxylation sites is 1. The fraction of sp³-hybridized carbons (Fsp3) is 0.300. The predicted molar refractivity (Wildman–Crippen MR) is 106 cm³/mol. The molecule has 0 aliphatic carbocycles. The lowest BCUT2D eigenvalue weighted by molar-refractivity contribution is -0.118. The molecule has 3 heterocycles. The Morgan fingerprint density at radius 2 is 1.93 bits per heavy atom. The first kappa shape index (κ1) is 18.0. The number of hydrogen-bond acceptors (Lipinski definition) is 6. The number of ether oxygens (including phenoxy) is 1. The smallest absolute Gasteiger partial charge is 0.262 e. The first-order valence-corrected chi connectivity index (χ1v) is 9.37. The number of rotatable bonds is 6. The molecular weight excluding hydrogens is 356 g/mol. The Balaban J connectivity index is 1.42. The SMILES string of the molecule is O=C(COc1ccccc1)Nc1cnn(-c2ncncc2N2CCCCC2)c1. The molecule has 1 amide bonds. The standard InChI is InChI=1S/C20H22N6O2/c27-19(14-28-17-7-3-1-4-8-17)24-16-11-23-26(13-16)20-18(12-21-15-22-20)25-9-5-2-6-10-25/h1,3-4,7-8,11-13,15H,2,5-6,9-10,14H2,(H,24,27). The van der Waals surface area contributed by atoms with Crippen LogP contribution in [0, 0.1) is 0 Å². The van der Waals surface area contributed by atoms with Gasteiger partial charge in [-0.3, -0.25) is 4.79 Å². The van der Waals surface area contributed by atoms with Crippen molar-refractivity contribution >= 4 is 17.3 Å². The van der Waals surface area contributed by atoms with Gasteiger partial charge in [0.25, 0.3) is 5.91 Å². The van der Waals surface area contributed by atoms with Gasteiger partial charge < -0.3 is 15.0 Å². The third-order valence-electron chi connectivity index (χ3n) is 4.57. The molecule has 0 radical (unpaired) electrons. The molecule has 1 aliphatic rings. The lowest BCUT2D eigenvalue weighted by Crippen LogP contribution is -2.30. The third kappa shape index (κ3) is 4.28. The van der Waals surface area contributed by atoms with Gasteiger partial charge in [0.2, 0.25) is 0 Å². The van der Waals surface area contributed by atoms with Crippen LogP contribution in [0.15, 0.2) is 55.2 Å². The van der Waals surface area contributed by atoms with E-state index in [-0.39, 0.29) is 12.5 Å². The number of anilines is 2. The van der Waals surface area contributed by atoms with Crippen LogP contribution in [-0.4, -0.2) is 45.4 Å². The molecule has 1 aliphatic heterocycles. The van der Waals surface area contributed by atoms with Crippen LogP contribution in [0.3, 0.4) is 0 Å². The summed E-state index contributed by atoms with van der Waals surface area (Å²) in [4.78, 5) is 23.0. The number of piperidine rings is 1. The van der Waals surface area contributed by atoms with Crippen LogP contribution in [0.2, 0.25) is 0 Å². The predicted octanol–water partition coefficient (Wildman–Crippen LogP) is 2.67. The number of aromatic nitrogens is 4. The first-order chi connectivity index (χ1) is 13.8. The lowest BCUT2D eigenvalue weighted by atomic mass is 10.1. The van der Waals surface area contributed by atoms with Gasteiger partial charge in [-0.1, -0.05) is 18.2 Å². The maximum Gasteiger partial charge on any atom is 0.262 e. The zero-order valence-corrected chi connectivity index (χ0v) is 15.5. The van der Waals surface area contributed by atoms with E-state index in [1.807, 2.05) is 36.5 Å². The summed E-state index contributed by atoms with van der Waals surface area (Å²) in [6.07, 6.45) is 10.3. The van der Waals surface area contributed by atoms with E-state index in [1.54, 1.807) is 17.1 Å². The second-order valence-electron chi connectivity index (χ2n) is 6.60. The van der Waals surface area contributed by atoms with Gasteiger partial charge in [-0.05, 0) is 31.4 Å². The average molecular weight is 378 g/mol. The van der Waals surface area contributed by atoms with Gasteiger partial charge in [-0.15, -0.1) is 0 Å². The normalized spacial score (nSPS) is 13.9. The molecule has 1 N–H and O–H groups in total. The average Bonchev–Trinajstić information content (AvgIpc) is 3.22. The molecule has 0 saturated carbocycles. The maximum absolute atomic E-state index is 12.1. The Kier molecular flexibility index (Phi) is 5.46. The summed E-state index contributed by atoms with van der Waals surface area (Å²) in [5.41, 5.74) is 1.54. The van der Waals surface area contributed by atoms with Gasteiger partial charge in [0.1, 0.15) is 17.8 Å². The molecule has 1 saturated heterocycles. The van der Waals surface area contributed by atoms with E-state index in [9.17, 15) is 4.79 Å². The Hall–Kier alpha value is -3.42. The van der Waals surface area contributed by atoms with Crippen molar-refractivity contribution in [3.63, 3.8) is 0 Å². The minimum absolute atomic E-state index is 0.0677. The van der Waals surface area contributed by atoms with E-state index >= 15 is 0 Å². The number of carbonyl (C=O) groups is 1. The molecule has 2 aromatic heterocycles. The van der Waals surface area contributed by atoms with Crippen molar-refractivity contribution < 1.29 is 9.53 Å². The molecule has 8 heteroatoms. The van der Waals surface area contributed by atoms with Crippen molar-refractivity contribution in [3.8, 4) is 11.6 Å². The minimum Gasteiger partial charge on any atom is -0.484 e. The Bertz CT molecular complexity index is 921. The lowest BCUT2D eigenvalue weighted by Gasteiger charge is -2.29. The number of hydrogen-bond donors (Lipinski definition) is 1. The van der Waals surface area contributed by atoms with Crippen molar-refractivity contribution in [1.29, 1.82) is 0 Å². The van der Waals surface area contributed by atoms with Crippen LogP contribution in [-0.2, 0) is 4.79 Å². The fourth-order valence-electron chi connectivity index (χ4n) is 3.22. The zero-order chi connectivity index (χ0) is 19.2.